The maximum absolute atomic E-state index is 5.71. The smallest absolute Gasteiger partial charge is 0.0726 e. The van der Waals surface area contributed by atoms with Gasteiger partial charge in [0.15, 0.2) is 0 Å². The minimum atomic E-state index is 0.288. The van der Waals surface area contributed by atoms with Gasteiger partial charge in [0.2, 0.25) is 0 Å². The van der Waals surface area contributed by atoms with Crippen LogP contribution in [-0.4, -0.2) is 25.3 Å². The summed E-state index contributed by atoms with van der Waals surface area (Å²) in [6.45, 7) is 6.11. The molecule has 0 amide bonds. The first-order chi connectivity index (χ1) is 7.69. The van der Waals surface area contributed by atoms with Crippen molar-refractivity contribution in [2.75, 3.05) is 18.0 Å². The van der Waals surface area contributed by atoms with Crippen molar-refractivity contribution in [2.24, 2.45) is 0 Å². The highest BCUT2D eigenvalue weighted by Gasteiger charge is 2.21. The average Bonchev–Trinajstić information content (AvgIpc) is 2.28. The van der Waals surface area contributed by atoms with E-state index in [2.05, 4.69) is 36.8 Å². The molecule has 1 aliphatic rings. The fourth-order valence-corrected chi connectivity index (χ4v) is 2.16. The van der Waals surface area contributed by atoms with E-state index in [9.17, 15) is 0 Å². The van der Waals surface area contributed by atoms with Crippen molar-refractivity contribution in [3.05, 3.63) is 29.8 Å². The number of hydrogen-bond donors (Lipinski definition) is 0. The Morgan fingerprint density at radius 2 is 1.75 bits per heavy atom. The zero-order valence-corrected chi connectivity index (χ0v) is 9.81. The zero-order valence-electron chi connectivity index (χ0n) is 9.81. The van der Waals surface area contributed by atoms with Crippen molar-refractivity contribution in [3.8, 4) is 12.3 Å². The maximum Gasteiger partial charge on any atom is 0.0726 e. The Morgan fingerprint density at radius 3 is 2.25 bits per heavy atom. The molecule has 0 aromatic heterocycles. The standard InChI is InChI=1S/C14H17NO/c1-4-13-5-7-14(8-6-13)15-9-11(2)16-12(3)10-15/h1,5-8,11-12H,9-10H2,2-3H3. The molecule has 2 rings (SSSR count). The fourth-order valence-electron chi connectivity index (χ4n) is 2.16. The third-order valence-corrected chi connectivity index (χ3v) is 2.82. The molecule has 0 bridgehead atoms. The van der Waals surface area contributed by atoms with E-state index >= 15 is 0 Å². The van der Waals surface area contributed by atoms with Crippen LogP contribution in [0.4, 0.5) is 5.69 Å². The van der Waals surface area contributed by atoms with Crippen LogP contribution in [-0.2, 0) is 4.74 Å². The number of nitrogens with zero attached hydrogens (tertiary/aromatic N) is 1. The Hall–Kier alpha value is -1.46. The van der Waals surface area contributed by atoms with Gasteiger partial charge >= 0.3 is 0 Å². The summed E-state index contributed by atoms with van der Waals surface area (Å²) in [6.07, 6.45) is 5.91. The van der Waals surface area contributed by atoms with Crippen molar-refractivity contribution < 1.29 is 4.74 Å². The zero-order chi connectivity index (χ0) is 11.5. The number of anilines is 1. The van der Waals surface area contributed by atoms with E-state index in [0.717, 1.165) is 18.7 Å². The summed E-state index contributed by atoms with van der Waals surface area (Å²) >= 11 is 0. The second kappa shape index (κ2) is 4.59. The van der Waals surface area contributed by atoms with Crippen LogP contribution < -0.4 is 4.90 Å². The van der Waals surface area contributed by atoms with Gasteiger partial charge in [-0.2, -0.15) is 0 Å². The van der Waals surface area contributed by atoms with Crippen molar-refractivity contribution >= 4 is 5.69 Å². The lowest BCUT2D eigenvalue weighted by atomic mass is 10.1. The van der Waals surface area contributed by atoms with Gasteiger partial charge in [-0.05, 0) is 38.1 Å². The Kier molecular flexibility index (Phi) is 3.17. The molecular weight excluding hydrogens is 198 g/mol. The Balaban J connectivity index is 2.14. The van der Waals surface area contributed by atoms with E-state index in [1.165, 1.54) is 5.69 Å². The van der Waals surface area contributed by atoms with E-state index in [4.69, 9.17) is 11.2 Å². The SMILES string of the molecule is C#Cc1ccc(N2CC(C)OC(C)C2)cc1. The highest BCUT2D eigenvalue weighted by molar-refractivity contribution is 5.50. The van der Waals surface area contributed by atoms with Crippen LogP contribution in [0.5, 0.6) is 0 Å². The lowest BCUT2D eigenvalue weighted by Gasteiger charge is -2.36. The summed E-state index contributed by atoms with van der Waals surface area (Å²) in [5.41, 5.74) is 2.15. The van der Waals surface area contributed by atoms with Gasteiger partial charge < -0.3 is 9.64 Å². The number of morpholine rings is 1. The second-order valence-electron chi connectivity index (χ2n) is 4.35. The highest BCUT2D eigenvalue weighted by atomic mass is 16.5. The minimum Gasteiger partial charge on any atom is -0.372 e. The Labute approximate surface area is 97.2 Å². The molecule has 1 aromatic rings. The first-order valence-electron chi connectivity index (χ1n) is 5.66. The maximum atomic E-state index is 5.71. The monoisotopic (exact) mass is 215 g/mol. The summed E-state index contributed by atoms with van der Waals surface area (Å²) < 4.78 is 5.71. The van der Waals surface area contributed by atoms with Crippen LogP contribution in [0.1, 0.15) is 19.4 Å². The number of benzene rings is 1. The number of rotatable bonds is 1. The molecule has 0 saturated carbocycles. The summed E-state index contributed by atoms with van der Waals surface area (Å²) in [5.74, 6) is 2.63. The normalized spacial score (nSPS) is 25.2. The van der Waals surface area contributed by atoms with Crippen molar-refractivity contribution in [1.29, 1.82) is 0 Å². The van der Waals surface area contributed by atoms with Crippen LogP contribution in [0.2, 0.25) is 0 Å². The van der Waals surface area contributed by atoms with E-state index in [0.29, 0.717) is 0 Å². The lowest BCUT2D eigenvalue weighted by Crippen LogP contribution is -2.45. The van der Waals surface area contributed by atoms with Gasteiger partial charge in [-0.15, -0.1) is 6.42 Å². The molecule has 16 heavy (non-hydrogen) atoms. The molecule has 1 heterocycles. The molecule has 84 valence electrons. The highest BCUT2D eigenvalue weighted by Crippen LogP contribution is 2.20. The molecule has 1 saturated heterocycles. The lowest BCUT2D eigenvalue weighted by molar-refractivity contribution is -0.00521. The predicted molar refractivity (Wildman–Crippen MR) is 66.6 cm³/mol. The summed E-state index contributed by atoms with van der Waals surface area (Å²) in [6, 6.07) is 8.14. The van der Waals surface area contributed by atoms with E-state index in [1.54, 1.807) is 0 Å². The molecule has 0 radical (unpaired) electrons. The number of hydrogen-bond acceptors (Lipinski definition) is 2. The molecule has 0 aliphatic carbocycles. The Morgan fingerprint density at radius 1 is 1.19 bits per heavy atom. The first-order valence-corrected chi connectivity index (χ1v) is 5.66. The van der Waals surface area contributed by atoms with Gasteiger partial charge in [-0.25, -0.2) is 0 Å². The van der Waals surface area contributed by atoms with E-state index in [1.807, 2.05) is 12.1 Å². The molecule has 2 nitrogen and oxygen atoms in total. The van der Waals surface area contributed by atoms with Crippen LogP contribution in [0.3, 0.4) is 0 Å². The quantitative estimate of drug-likeness (QED) is 0.666. The summed E-state index contributed by atoms with van der Waals surface area (Å²) in [4.78, 5) is 2.35. The molecule has 2 atom stereocenters. The summed E-state index contributed by atoms with van der Waals surface area (Å²) in [7, 11) is 0. The molecule has 1 fully saturated rings. The topological polar surface area (TPSA) is 12.5 Å². The molecular formula is C14H17NO. The van der Waals surface area contributed by atoms with E-state index < -0.39 is 0 Å². The number of ether oxygens (including phenoxy) is 1. The van der Waals surface area contributed by atoms with Crippen LogP contribution in [0, 0.1) is 12.3 Å². The fraction of sp³-hybridized carbons (Fsp3) is 0.429. The van der Waals surface area contributed by atoms with Crippen LogP contribution >= 0.6 is 0 Å². The molecule has 0 N–H and O–H groups in total. The Bertz CT molecular complexity index is 380. The average molecular weight is 215 g/mol. The molecule has 2 heteroatoms. The van der Waals surface area contributed by atoms with Gasteiger partial charge in [0.05, 0.1) is 12.2 Å². The molecule has 2 unspecified atom stereocenters. The van der Waals surface area contributed by atoms with Gasteiger partial charge in [0.25, 0.3) is 0 Å². The molecule has 1 aliphatic heterocycles. The third-order valence-electron chi connectivity index (χ3n) is 2.82. The molecule has 0 spiro atoms. The second-order valence-corrected chi connectivity index (χ2v) is 4.35. The van der Waals surface area contributed by atoms with E-state index in [-0.39, 0.29) is 12.2 Å². The van der Waals surface area contributed by atoms with Crippen LogP contribution in [0.15, 0.2) is 24.3 Å². The molecule has 1 aromatic carbocycles. The van der Waals surface area contributed by atoms with Crippen molar-refractivity contribution in [1.82, 2.24) is 0 Å². The van der Waals surface area contributed by atoms with Crippen LogP contribution in [0.25, 0.3) is 0 Å². The van der Waals surface area contributed by atoms with Gasteiger partial charge in [-0.1, -0.05) is 5.92 Å². The first kappa shape index (κ1) is 11.0. The van der Waals surface area contributed by atoms with Gasteiger partial charge in [-0.3, -0.25) is 0 Å². The largest absolute Gasteiger partial charge is 0.372 e. The third kappa shape index (κ3) is 2.37. The van der Waals surface area contributed by atoms with Crippen molar-refractivity contribution in [2.45, 2.75) is 26.1 Å². The van der Waals surface area contributed by atoms with Crippen molar-refractivity contribution in [3.63, 3.8) is 0 Å². The summed E-state index contributed by atoms with van der Waals surface area (Å²) in [5, 5.41) is 0. The predicted octanol–water partition coefficient (Wildman–Crippen LogP) is 2.28. The number of terminal acetylenes is 1. The van der Waals surface area contributed by atoms with Gasteiger partial charge in [0.1, 0.15) is 0 Å². The minimum absolute atomic E-state index is 0.288. The van der Waals surface area contributed by atoms with Gasteiger partial charge in [0, 0.05) is 24.3 Å².